The number of rotatable bonds is 4. The van der Waals surface area contributed by atoms with Crippen LogP contribution in [0.1, 0.15) is 5.56 Å². The number of nitrogens with one attached hydrogen (secondary N) is 1. The van der Waals surface area contributed by atoms with Crippen molar-refractivity contribution in [2.24, 2.45) is 0 Å². The van der Waals surface area contributed by atoms with Crippen molar-refractivity contribution in [1.82, 2.24) is 4.98 Å². The van der Waals surface area contributed by atoms with E-state index in [1.165, 1.54) is 23.5 Å². The van der Waals surface area contributed by atoms with Gasteiger partial charge >= 0.3 is 6.18 Å². The largest absolute Gasteiger partial charge is 0.496 e. The molecule has 0 fully saturated rings. The summed E-state index contributed by atoms with van der Waals surface area (Å²) in [6.07, 6.45) is -4.42. The molecule has 124 valence electrons. The minimum atomic E-state index is -4.42. The Labute approximate surface area is 140 Å². The Balaban J connectivity index is 1.91. The minimum absolute atomic E-state index is 0.0223. The van der Waals surface area contributed by atoms with Crippen LogP contribution in [0.15, 0.2) is 53.9 Å². The van der Waals surface area contributed by atoms with Gasteiger partial charge in [0.05, 0.1) is 24.1 Å². The number of alkyl halides is 3. The van der Waals surface area contributed by atoms with Gasteiger partial charge in [0, 0.05) is 10.9 Å². The number of aromatic nitrogens is 1. The lowest BCUT2D eigenvalue weighted by molar-refractivity contribution is -0.136. The Morgan fingerprint density at radius 1 is 1.04 bits per heavy atom. The van der Waals surface area contributed by atoms with Crippen LogP contribution >= 0.6 is 11.3 Å². The van der Waals surface area contributed by atoms with E-state index in [9.17, 15) is 13.2 Å². The summed E-state index contributed by atoms with van der Waals surface area (Å²) in [6.45, 7) is 0. The van der Waals surface area contributed by atoms with Crippen LogP contribution < -0.4 is 10.1 Å². The van der Waals surface area contributed by atoms with Crippen LogP contribution in [0, 0.1) is 0 Å². The molecule has 0 radical (unpaired) electrons. The Hall–Kier alpha value is -2.54. The first kappa shape index (κ1) is 16.3. The molecule has 7 heteroatoms. The van der Waals surface area contributed by atoms with Gasteiger partial charge in [0.25, 0.3) is 0 Å². The molecule has 3 rings (SSSR count). The molecule has 24 heavy (non-hydrogen) atoms. The molecule has 0 aliphatic carbocycles. The van der Waals surface area contributed by atoms with Crippen LogP contribution in [0.4, 0.5) is 24.0 Å². The number of halogens is 3. The first-order chi connectivity index (χ1) is 11.5. The number of thiazole rings is 1. The Kier molecular flexibility index (Phi) is 4.44. The van der Waals surface area contributed by atoms with Gasteiger partial charge in [-0.25, -0.2) is 4.98 Å². The van der Waals surface area contributed by atoms with Gasteiger partial charge in [-0.05, 0) is 24.3 Å². The molecule has 1 N–H and O–H groups in total. The summed E-state index contributed by atoms with van der Waals surface area (Å²) >= 11 is 1.23. The van der Waals surface area contributed by atoms with Gasteiger partial charge in [0.1, 0.15) is 5.75 Å². The van der Waals surface area contributed by atoms with Crippen molar-refractivity contribution in [1.29, 1.82) is 0 Å². The van der Waals surface area contributed by atoms with Crippen molar-refractivity contribution >= 4 is 22.2 Å². The monoisotopic (exact) mass is 350 g/mol. The molecule has 1 aromatic heterocycles. The minimum Gasteiger partial charge on any atom is -0.496 e. The zero-order chi connectivity index (χ0) is 17.2. The number of ether oxygens (including phenoxy) is 1. The third-order valence-corrected chi connectivity index (χ3v) is 4.12. The average Bonchev–Trinajstić information content (AvgIpc) is 3.02. The van der Waals surface area contributed by atoms with Gasteiger partial charge in [0.15, 0.2) is 5.13 Å². The van der Waals surface area contributed by atoms with Crippen molar-refractivity contribution in [2.75, 3.05) is 12.4 Å². The second kappa shape index (κ2) is 6.52. The number of hydrogen-bond donors (Lipinski definition) is 1. The number of benzene rings is 2. The molecule has 0 bridgehead atoms. The number of hydrogen-bond acceptors (Lipinski definition) is 4. The molecule has 0 unspecified atom stereocenters. The molecule has 3 nitrogen and oxygen atoms in total. The van der Waals surface area contributed by atoms with E-state index < -0.39 is 11.7 Å². The number of nitrogens with zero attached hydrogens (tertiary/aromatic N) is 1. The zero-order valence-electron chi connectivity index (χ0n) is 12.6. The van der Waals surface area contributed by atoms with E-state index in [2.05, 4.69) is 10.3 Å². The predicted octanol–water partition coefficient (Wildman–Crippen LogP) is 5.58. The van der Waals surface area contributed by atoms with Crippen LogP contribution in [0.5, 0.6) is 5.75 Å². The molecule has 0 aliphatic heterocycles. The zero-order valence-corrected chi connectivity index (χ0v) is 13.4. The molecule has 0 spiro atoms. The fourth-order valence-corrected chi connectivity index (χ4v) is 2.99. The molecule has 0 saturated heterocycles. The smallest absolute Gasteiger partial charge is 0.418 e. The van der Waals surface area contributed by atoms with E-state index in [-0.39, 0.29) is 5.69 Å². The second-order valence-corrected chi connectivity index (χ2v) is 5.76. The lowest BCUT2D eigenvalue weighted by Crippen LogP contribution is -2.08. The first-order valence-electron chi connectivity index (χ1n) is 7.01. The first-order valence-corrected chi connectivity index (χ1v) is 7.89. The maximum atomic E-state index is 13.0. The summed E-state index contributed by atoms with van der Waals surface area (Å²) in [4.78, 5) is 4.37. The summed E-state index contributed by atoms with van der Waals surface area (Å²) in [5, 5.41) is 4.91. The molecule has 3 aromatic rings. The van der Waals surface area contributed by atoms with Gasteiger partial charge in [0.2, 0.25) is 0 Å². The molecule has 0 atom stereocenters. The Morgan fingerprint density at radius 3 is 2.50 bits per heavy atom. The third kappa shape index (κ3) is 3.35. The molecule has 0 saturated carbocycles. The van der Waals surface area contributed by atoms with Crippen molar-refractivity contribution < 1.29 is 17.9 Å². The maximum Gasteiger partial charge on any atom is 0.418 e. The van der Waals surface area contributed by atoms with Gasteiger partial charge in [-0.15, -0.1) is 11.3 Å². The van der Waals surface area contributed by atoms with Crippen molar-refractivity contribution in [2.45, 2.75) is 6.18 Å². The highest BCUT2D eigenvalue weighted by Crippen LogP contribution is 2.37. The molecular formula is C17H13F3N2OS. The normalized spacial score (nSPS) is 11.3. The van der Waals surface area contributed by atoms with E-state index in [4.69, 9.17) is 4.74 Å². The predicted molar refractivity (Wildman–Crippen MR) is 88.8 cm³/mol. The Morgan fingerprint density at radius 2 is 1.75 bits per heavy atom. The number of methoxy groups -OCH3 is 1. The molecular weight excluding hydrogens is 337 g/mol. The van der Waals surface area contributed by atoms with Gasteiger partial charge in [-0.3, -0.25) is 0 Å². The lowest BCUT2D eigenvalue weighted by atomic mass is 10.1. The highest BCUT2D eigenvalue weighted by atomic mass is 32.1. The van der Waals surface area contributed by atoms with Gasteiger partial charge in [-0.1, -0.05) is 24.3 Å². The van der Waals surface area contributed by atoms with E-state index in [0.29, 0.717) is 16.6 Å². The van der Waals surface area contributed by atoms with E-state index in [1.807, 2.05) is 18.2 Å². The summed E-state index contributed by atoms with van der Waals surface area (Å²) < 4.78 is 44.4. The molecule has 1 heterocycles. The number of para-hydroxylation sites is 2. The van der Waals surface area contributed by atoms with Crippen molar-refractivity contribution in [3.05, 3.63) is 59.5 Å². The quantitative estimate of drug-likeness (QED) is 0.667. The number of anilines is 2. The van der Waals surface area contributed by atoms with Gasteiger partial charge < -0.3 is 10.1 Å². The van der Waals surface area contributed by atoms with E-state index in [0.717, 1.165) is 11.6 Å². The fourth-order valence-electron chi connectivity index (χ4n) is 2.27. The average molecular weight is 350 g/mol. The third-order valence-electron chi connectivity index (χ3n) is 3.36. The van der Waals surface area contributed by atoms with Crippen molar-refractivity contribution in [3.8, 4) is 17.0 Å². The van der Waals surface area contributed by atoms with Crippen LogP contribution in [0.2, 0.25) is 0 Å². The molecule has 0 aliphatic rings. The van der Waals surface area contributed by atoms with Crippen LogP contribution in [-0.4, -0.2) is 12.1 Å². The van der Waals surface area contributed by atoms with E-state index in [1.54, 1.807) is 24.6 Å². The second-order valence-electron chi connectivity index (χ2n) is 4.91. The fraction of sp³-hybridized carbons (Fsp3) is 0.118. The summed E-state index contributed by atoms with van der Waals surface area (Å²) in [5.41, 5.74) is 0.683. The molecule has 0 amide bonds. The maximum absolute atomic E-state index is 13.0. The van der Waals surface area contributed by atoms with Gasteiger partial charge in [-0.2, -0.15) is 13.2 Å². The SMILES string of the molecule is COc1ccccc1-c1csc(Nc2ccccc2C(F)(F)F)n1. The topological polar surface area (TPSA) is 34.1 Å². The van der Waals surface area contributed by atoms with Crippen LogP contribution in [-0.2, 0) is 6.18 Å². The lowest BCUT2D eigenvalue weighted by Gasteiger charge is -2.12. The highest BCUT2D eigenvalue weighted by molar-refractivity contribution is 7.14. The highest BCUT2D eigenvalue weighted by Gasteiger charge is 2.33. The summed E-state index contributed by atoms with van der Waals surface area (Å²) in [7, 11) is 1.56. The standard InChI is InChI=1S/C17H13F3N2OS/c1-23-15-9-5-2-6-11(15)14-10-24-16(22-14)21-13-8-4-3-7-12(13)17(18,19)20/h2-10H,1H3,(H,21,22). The van der Waals surface area contributed by atoms with Crippen molar-refractivity contribution in [3.63, 3.8) is 0 Å². The summed E-state index contributed by atoms with van der Waals surface area (Å²) in [6, 6.07) is 12.7. The summed E-state index contributed by atoms with van der Waals surface area (Å²) in [5.74, 6) is 0.657. The molecule has 2 aromatic carbocycles. The Bertz CT molecular complexity index is 846. The van der Waals surface area contributed by atoms with Crippen LogP contribution in [0.3, 0.4) is 0 Å². The van der Waals surface area contributed by atoms with Crippen LogP contribution in [0.25, 0.3) is 11.3 Å². The van der Waals surface area contributed by atoms with E-state index >= 15 is 0 Å².